The number of aliphatic hydroxyl groups excluding tert-OH is 1. The average molecular weight is 360 g/mol. The van der Waals surface area contributed by atoms with Crippen LogP contribution in [0.3, 0.4) is 0 Å². The van der Waals surface area contributed by atoms with Crippen LogP contribution in [0.2, 0.25) is 0 Å². The molecule has 0 saturated heterocycles. The lowest BCUT2D eigenvalue weighted by Crippen LogP contribution is -2.38. The SMILES string of the molecule is CCOP(C)(=O)CC[C@H]1C[C@@H](n2ccc(=O)[nH]c2=O)[C@H](OC)[C@@H]1O. The van der Waals surface area contributed by atoms with Crippen molar-refractivity contribution in [3.63, 3.8) is 0 Å². The summed E-state index contributed by atoms with van der Waals surface area (Å²) in [5.74, 6) is -0.160. The number of aromatic amines is 1. The minimum absolute atomic E-state index is 0.160. The van der Waals surface area contributed by atoms with Gasteiger partial charge in [0.25, 0.3) is 5.56 Å². The number of ether oxygens (including phenoxy) is 1. The highest BCUT2D eigenvalue weighted by Crippen LogP contribution is 2.46. The number of rotatable bonds is 7. The lowest BCUT2D eigenvalue weighted by atomic mass is 10.0. The van der Waals surface area contributed by atoms with Gasteiger partial charge in [-0.15, -0.1) is 0 Å². The third-order valence-electron chi connectivity index (χ3n) is 4.53. The van der Waals surface area contributed by atoms with Gasteiger partial charge in [0.15, 0.2) is 7.37 Å². The Kier molecular flexibility index (Phi) is 6.20. The highest BCUT2D eigenvalue weighted by atomic mass is 31.2. The number of nitrogens with zero attached hydrogens (tertiary/aromatic N) is 1. The Morgan fingerprint density at radius 2 is 2.17 bits per heavy atom. The number of aromatic nitrogens is 2. The van der Waals surface area contributed by atoms with Crippen molar-refractivity contribution in [3.8, 4) is 0 Å². The van der Waals surface area contributed by atoms with Crippen molar-refractivity contribution in [3.05, 3.63) is 33.1 Å². The molecule has 1 aromatic heterocycles. The van der Waals surface area contributed by atoms with E-state index in [0.29, 0.717) is 25.6 Å². The normalized spacial score (nSPS) is 29.5. The number of aliphatic hydroxyl groups is 1. The lowest BCUT2D eigenvalue weighted by molar-refractivity contribution is -0.0238. The van der Waals surface area contributed by atoms with Crippen LogP contribution in [0.15, 0.2) is 21.9 Å². The largest absolute Gasteiger partial charge is 0.390 e. The number of hydrogen-bond acceptors (Lipinski definition) is 6. The summed E-state index contributed by atoms with van der Waals surface area (Å²) in [6.07, 6.45) is 1.45. The second kappa shape index (κ2) is 7.78. The van der Waals surface area contributed by atoms with E-state index in [1.165, 1.54) is 23.9 Å². The number of methoxy groups -OCH3 is 1. The summed E-state index contributed by atoms with van der Waals surface area (Å²) < 4.78 is 24.3. The molecule has 2 rings (SSSR count). The van der Waals surface area contributed by atoms with Gasteiger partial charge in [-0.25, -0.2) is 4.79 Å². The van der Waals surface area contributed by atoms with E-state index in [0.717, 1.165) is 0 Å². The highest BCUT2D eigenvalue weighted by molar-refractivity contribution is 7.58. The summed E-state index contributed by atoms with van der Waals surface area (Å²) in [7, 11) is -1.20. The van der Waals surface area contributed by atoms with Gasteiger partial charge in [0, 0.05) is 32.2 Å². The van der Waals surface area contributed by atoms with Gasteiger partial charge in [-0.1, -0.05) is 0 Å². The van der Waals surface area contributed by atoms with Crippen LogP contribution in [0, 0.1) is 5.92 Å². The van der Waals surface area contributed by atoms with E-state index in [9.17, 15) is 19.3 Å². The molecule has 136 valence electrons. The molecule has 2 N–H and O–H groups in total. The van der Waals surface area contributed by atoms with Crippen LogP contribution in [0.4, 0.5) is 0 Å². The van der Waals surface area contributed by atoms with Crippen LogP contribution in [-0.2, 0) is 13.8 Å². The Bertz CT molecular complexity index is 714. The van der Waals surface area contributed by atoms with Crippen molar-refractivity contribution in [1.82, 2.24) is 9.55 Å². The molecule has 24 heavy (non-hydrogen) atoms. The molecule has 0 spiro atoms. The van der Waals surface area contributed by atoms with Crippen molar-refractivity contribution in [2.24, 2.45) is 5.92 Å². The van der Waals surface area contributed by atoms with E-state index >= 15 is 0 Å². The first kappa shape index (κ1) is 19.1. The van der Waals surface area contributed by atoms with E-state index in [1.807, 2.05) is 0 Å². The molecular formula is C15H25N2O6P. The Morgan fingerprint density at radius 3 is 2.75 bits per heavy atom. The predicted molar refractivity (Wildman–Crippen MR) is 89.9 cm³/mol. The maximum Gasteiger partial charge on any atom is 0.328 e. The zero-order valence-corrected chi connectivity index (χ0v) is 15.1. The third-order valence-corrected chi connectivity index (χ3v) is 6.41. The molecule has 1 fully saturated rings. The fourth-order valence-corrected chi connectivity index (χ4v) is 4.84. The summed E-state index contributed by atoms with van der Waals surface area (Å²) in [5, 5.41) is 10.5. The van der Waals surface area contributed by atoms with Crippen LogP contribution >= 0.6 is 7.37 Å². The van der Waals surface area contributed by atoms with Crippen LogP contribution in [0.25, 0.3) is 0 Å². The Hall–Kier alpha value is -1.21. The van der Waals surface area contributed by atoms with Crippen LogP contribution < -0.4 is 11.2 Å². The maximum absolute atomic E-state index is 12.2. The van der Waals surface area contributed by atoms with Crippen LogP contribution in [-0.4, -0.2) is 53.4 Å². The van der Waals surface area contributed by atoms with E-state index in [4.69, 9.17) is 9.26 Å². The van der Waals surface area contributed by atoms with Crippen LogP contribution in [0.5, 0.6) is 0 Å². The smallest absolute Gasteiger partial charge is 0.328 e. The molecular weight excluding hydrogens is 335 g/mol. The minimum Gasteiger partial charge on any atom is -0.390 e. The van der Waals surface area contributed by atoms with Crippen molar-refractivity contribution in [2.45, 2.75) is 38.0 Å². The minimum atomic E-state index is -2.68. The average Bonchev–Trinajstić information content (AvgIpc) is 2.81. The topological polar surface area (TPSA) is 111 Å². The van der Waals surface area contributed by atoms with Gasteiger partial charge in [0.05, 0.1) is 18.8 Å². The fourth-order valence-electron chi connectivity index (χ4n) is 3.36. The molecule has 0 aromatic carbocycles. The first-order valence-electron chi connectivity index (χ1n) is 8.02. The molecule has 0 bridgehead atoms. The lowest BCUT2D eigenvalue weighted by Gasteiger charge is -2.22. The van der Waals surface area contributed by atoms with E-state index in [2.05, 4.69) is 4.98 Å². The molecule has 5 atom stereocenters. The van der Waals surface area contributed by atoms with E-state index in [-0.39, 0.29) is 12.0 Å². The molecule has 0 amide bonds. The van der Waals surface area contributed by atoms with Gasteiger partial charge in [0.2, 0.25) is 0 Å². The summed E-state index contributed by atoms with van der Waals surface area (Å²) in [6.45, 7) is 3.77. The van der Waals surface area contributed by atoms with Crippen molar-refractivity contribution in [2.75, 3.05) is 26.5 Å². The Balaban J connectivity index is 2.16. The second-order valence-electron chi connectivity index (χ2n) is 6.22. The molecule has 1 aromatic rings. The fraction of sp³-hybridized carbons (Fsp3) is 0.733. The first-order chi connectivity index (χ1) is 11.3. The quantitative estimate of drug-likeness (QED) is 0.696. The van der Waals surface area contributed by atoms with Crippen molar-refractivity contribution >= 4 is 7.37 Å². The third kappa shape index (κ3) is 4.25. The number of hydrogen-bond donors (Lipinski definition) is 2. The second-order valence-corrected chi connectivity index (χ2v) is 8.95. The number of H-pyrrole nitrogens is 1. The molecule has 1 heterocycles. The zero-order chi connectivity index (χ0) is 17.9. The maximum atomic E-state index is 12.2. The summed E-state index contributed by atoms with van der Waals surface area (Å²) in [5.41, 5.74) is -0.998. The zero-order valence-electron chi connectivity index (χ0n) is 14.2. The van der Waals surface area contributed by atoms with Crippen molar-refractivity contribution in [1.29, 1.82) is 0 Å². The van der Waals surface area contributed by atoms with Crippen molar-refractivity contribution < 1.29 is 18.9 Å². The molecule has 0 radical (unpaired) electrons. The van der Waals surface area contributed by atoms with E-state index < -0.39 is 30.8 Å². The molecule has 1 unspecified atom stereocenters. The van der Waals surface area contributed by atoms with Gasteiger partial charge < -0.3 is 14.4 Å². The molecule has 1 aliphatic rings. The van der Waals surface area contributed by atoms with Gasteiger partial charge >= 0.3 is 5.69 Å². The molecule has 1 aliphatic carbocycles. The van der Waals surface area contributed by atoms with Crippen LogP contribution in [0.1, 0.15) is 25.8 Å². The van der Waals surface area contributed by atoms with Gasteiger partial charge in [-0.3, -0.25) is 18.9 Å². The molecule has 8 nitrogen and oxygen atoms in total. The predicted octanol–water partition coefficient (Wildman–Crippen LogP) is 0.808. The summed E-state index contributed by atoms with van der Waals surface area (Å²) in [6, 6.07) is 0.881. The molecule has 0 aliphatic heterocycles. The first-order valence-corrected chi connectivity index (χ1v) is 10.3. The molecule has 9 heteroatoms. The van der Waals surface area contributed by atoms with Gasteiger partial charge in [0.1, 0.15) is 6.10 Å². The Labute approximate surface area is 140 Å². The van der Waals surface area contributed by atoms with Gasteiger partial charge in [-0.05, 0) is 25.7 Å². The number of nitrogens with one attached hydrogen (secondary N) is 1. The standard InChI is InChI=1S/C15H25N2O6P/c1-4-23-24(3,21)8-6-10-9-11(14(22-2)13(10)19)17-7-5-12(18)16-15(17)20/h5,7,10-11,13-14,19H,4,6,8-9H2,1-3H3,(H,16,18,20)/t10-,11+,13+,14-,24?/m0/s1. The highest BCUT2D eigenvalue weighted by Gasteiger charge is 2.44. The summed E-state index contributed by atoms with van der Waals surface area (Å²) >= 11 is 0. The molecule has 1 saturated carbocycles. The van der Waals surface area contributed by atoms with E-state index in [1.54, 1.807) is 13.6 Å². The monoisotopic (exact) mass is 360 g/mol. The summed E-state index contributed by atoms with van der Waals surface area (Å²) in [4.78, 5) is 25.4. The Morgan fingerprint density at radius 1 is 1.46 bits per heavy atom. The van der Waals surface area contributed by atoms with Gasteiger partial charge in [-0.2, -0.15) is 0 Å².